The Labute approximate surface area is 78.6 Å². The third-order valence-electron chi connectivity index (χ3n) is 1.15. The van der Waals surface area contributed by atoms with Crippen LogP contribution in [-0.4, -0.2) is 44.4 Å². The number of rotatable bonds is 6. The third-order valence-corrected chi connectivity index (χ3v) is 2.62. The van der Waals surface area contributed by atoms with Crippen molar-refractivity contribution in [3.63, 3.8) is 0 Å². The molecule has 1 atom stereocenters. The topological polar surface area (TPSA) is 49.7 Å². The Morgan fingerprint density at radius 3 is 2.82 bits per heavy atom. The van der Waals surface area contributed by atoms with E-state index in [-0.39, 0.29) is 0 Å². The Bertz CT molecular complexity index is 143. The van der Waals surface area contributed by atoms with Gasteiger partial charge < -0.3 is 0 Å². The molecule has 0 aromatic heterocycles. The average molecular weight is 240 g/mol. The van der Waals surface area contributed by atoms with E-state index >= 15 is 0 Å². The molecule has 3 nitrogen and oxygen atoms in total. The Kier molecular flexibility index (Phi) is 6.91. The van der Waals surface area contributed by atoms with Gasteiger partial charge in [0.2, 0.25) is 0 Å². The Hall–Kier alpha value is 0.139. The molecule has 5 heteroatoms. The van der Waals surface area contributed by atoms with Gasteiger partial charge in [-0.15, -0.1) is 0 Å². The van der Waals surface area contributed by atoms with E-state index in [1.54, 1.807) is 11.8 Å². The Morgan fingerprint density at radius 2 is 2.45 bits per heavy atom. The molecule has 1 unspecified atom stereocenters. The van der Waals surface area contributed by atoms with Gasteiger partial charge >= 0.3 is 78.3 Å². The fourth-order valence-corrected chi connectivity index (χ4v) is 1.65. The van der Waals surface area contributed by atoms with Crippen LogP contribution in [0, 0.1) is 0 Å². The number of hydrogen-bond acceptors (Lipinski definition) is 3. The third kappa shape index (κ3) is 5.41. The fraction of sp³-hybridized carbons (Fsp3) is 0.833. The second-order valence-corrected chi connectivity index (χ2v) is 3.78. The summed E-state index contributed by atoms with van der Waals surface area (Å²) in [6.07, 6.45) is 0.612. The van der Waals surface area contributed by atoms with Gasteiger partial charge in [0.25, 0.3) is 0 Å². The molecular weight excluding hydrogens is 229 g/mol. The maximum atomic E-state index is 10.4. The van der Waals surface area contributed by atoms with Gasteiger partial charge in [-0.3, -0.25) is 0 Å². The number of nitrogens with zero attached hydrogens (tertiary/aromatic N) is 1. The zero-order valence-corrected chi connectivity index (χ0v) is 8.85. The van der Waals surface area contributed by atoms with Crippen LogP contribution < -0.4 is 0 Å². The number of hydrogen-bond donors (Lipinski definition) is 1. The van der Waals surface area contributed by atoms with E-state index in [1.807, 2.05) is 0 Å². The van der Waals surface area contributed by atoms with Crippen LogP contribution in [0.1, 0.15) is 13.3 Å². The predicted octanol–water partition coefficient (Wildman–Crippen LogP) is 0.935. The predicted molar refractivity (Wildman–Crippen MR) is 47.2 cm³/mol. The molecule has 64 valence electrons. The van der Waals surface area contributed by atoms with Crippen LogP contribution in [0.3, 0.4) is 0 Å². The van der Waals surface area contributed by atoms with Crippen LogP contribution in [-0.2, 0) is 4.79 Å². The molecule has 0 radical (unpaired) electrons. The van der Waals surface area contributed by atoms with Crippen LogP contribution in [0.5, 0.6) is 0 Å². The zero-order valence-electron chi connectivity index (χ0n) is 6.32. The molecule has 0 rings (SSSR count). The molecule has 0 aromatic rings. The first kappa shape index (κ1) is 11.1. The molecule has 0 fully saturated rings. The van der Waals surface area contributed by atoms with Gasteiger partial charge in [-0.25, -0.2) is 0 Å². The molecule has 0 aliphatic rings. The second kappa shape index (κ2) is 6.83. The van der Waals surface area contributed by atoms with Gasteiger partial charge in [-0.05, 0) is 0 Å². The average Bonchev–Trinajstić information content (AvgIpc) is 1.97. The molecule has 0 saturated carbocycles. The summed E-state index contributed by atoms with van der Waals surface area (Å²) < 4.78 is 3.62. The van der Waals surface area contributed by atoms with Crippen molar-refractivity contribution in [2.24, 2.45) is 3.96 Å². The van der Waals surface area contributed by atoms with E-state index in [0.29, 0.717) is 6.42 Å². The van der Waals surface area contributed by atoms with E-state index < -0.39 is 12.0 Å². The van der Waals surface area contributed by atoms with Crippen molar-refractivity contribution in [2.45, 2.75) is 19.4 Å². The standard InChI is InChI=1S/C6H11NO2SSe/c1-2-10-4-3-5(7-11)6(8)9/h5H,2-4H2,1H3,(H,8,9). The molecule has 11 heavy (non-hydrogen) atoms. The van der Waals surface area contributed by atoms with Gasteiger partial charge in [-0.2, -0.15) is 0 Å². The molecule has 0 heterocycles. The van der Waals surface area contributed by atoms with Crippen molar-refractivity contribution in [1.29, 1.82) is 0 Å². The summed E-state index contributed by atoms with van der Waals surface area (Å²) in [5, 5.41) is 8.55. The maximum absolute atomic E-state index is 10.4. The number of carboxylic acids is 1. The van der Waals surface area contributed by atoms with Gasteiger partial charge in [0.05, 0.1) is 0 Å². The van der Waals surface area contributed by atoms with E-state index in [0.717, 1.165) is 11.5 Å². The van der Waals surface area contributed by atoms with Gasteiger partial charge in [0.1, 0.15) is 0 Å². The molecular formula is C6H11NO2SSe. The van der Waals surface area contributed by atoms with Crippen molar-refractivity contribution in [3.8, 4) is 0 Å². The van der Waals surface area contributed by atoms with Gasteiger partial charge in [0, 0.05) is 0 Å². The molecule has 0 aromatic carbocycles. The quantitative estimate of drug-likeness (QED) is 0.555. The summed E-state index contributed by atoms with van der Waals surface area (Å²) in [6.45, 7) is 2.05. The SMILES string of the molecule is CCSCCC(N=[Se])C(=O)O. The van der Waals surface area contributed by atoms with E-state index in [4.69, 9.17) is 5.11 Å². The Balaban J connectivity index is 3.52. The molecule has 0 amide bonds. The van der Waals surface area contributed by atoms with Crippen LogP contribution in [0.2, 0.25) is 0 Å². The van der Waals surface area contributed by atoms with E-state index in [1.165, 1.54) is 0 Å². The minimum absolute atomic E-state index is 0.561. The first-order valence-electron chi connectivity index (χ1n) is 3.35. The van der Waals surface area contributed by atoms with E-state index in [9.17, 15) is 4.79 Å². The second-order valence-electron chi connectivity index (χ2n) is 1.95. The summed E-state index contributed by atoms with van der Waals surface area (Å²) in [7, 11) is 0. The molecule has 1 N–H and O–H groups in total. The number of carboxylic acid groups (broad SMARTS) is 1. The molecule has 0 saturated heterocycles. The van der Waals surface area contributed by atoms with E-state index in [2.05, 4.69) is 26.7 Å². The molecule has 0 spiro atoms. The summed E-state index contributed by atoms with van der Waals surface area (Å²) in [5.74, 6) is 1.04. The van der Waals surface area contributed by atoms with Crippen LogP contribution >= 0.6 is 11.8 Å². The van der Waals surface area contributed by atoms with Crippen LogP contribution in [0.15, 0.2) is 3.96 Å². The monoisotopic (exact) mass is 241 g/mol. The summed E-state index contributed by atoms with van der Waals surface area (Å²) in [5.41, 5.74) is 0. The molecule has 0 aliphatic heterocycles. The minimum atomic E-state index is -0.847. The Morgan fingerprint density at radius 1 is 1.82 bits per heavy atom. The summed E-state index contributed by atoms with van der Waals surface area (Å²) in [6, 6.07) is -0.561. The van der Waals surface area contributed by atoms with Gasteiger partial charge in [-0.1, -0.05) is 0 Å². The van der Waals surface area contributed by atoms with Crippen molar-refractivity contribution in [1.82, 2.24) is 0 Å². The van der Waals surface area contributed by atoms with Crippen LogP contribution in [0.25, 0.3) is 0 Å². The first-order valence-corrected chi connectivity index (χ1v) is 5.27. The van der Waals surface area contributed by atoms with Crippen molar-refractivity contribution >= 4 is 33.5 Å². The van der Waals surface area contributed by atoms with Crippen LogP contribution in [0.4, 0.5) is 0 Å². The number of thioether (sulfide) groups is 1. The van der Waals surface area contributed by atoms with Crippen molar-refractivity contribution in [2.75, 3.05) is 11.5 Å². The number of carbonyl (C=O) groups is 1. The molecule has 0 aliphatic carbocycles. The van der Waals surface area contributed by atoms with Crippen molar-refractivity contribution in [3.05, 3.63) is 0 Å². The number of aliphatic carboxylic acids is 1. The normalized spacial score (nSPS) is 12.5. The first-order chi connectivity index (χ1) is 5.22. The zero-order chi connectivity index (χ0) is 8.69. The summed E-state index contributed by atoms with van der Waals surface area (Å²) in [4.78, 5) is 10.4. The molecule has 0 bridgehead atoms. The summed E-state index contributed by atoms with van der Waals surface area (Å²) >= 11 is 4.12. The van der Waals surface area contributed by atoms with Gasteiger partial charge in [0.15, 0.2) is 0 Å². The van der Waals surface area contributed by atoms with Crippen molar-refractivity contribution < 1.29 is 9.90 Å². The fourth-order valence-electron chi connectivity index (χ4n) is 0.561.